The van der Waals surface area contributed by atoms with Crippen LogP contribution in [0.25, 0.3) is 0 Å². The fourth-order valence-electron chi connectivity index (χ4n) is 4.79. The standard InChI is InChI=1S/C34H36BrN3O4S/c1-25(2)36-34(40)32(21-27-14-6-4-7-15-27)37(23-28-16-11-10-13-26(28)3)33(39)24-38(30-18-12-17-29(35)22-30)43(41,42)31-19-8-5-9-20-31/h4-20,22,25,32H,21,23-24H2,1-3H3,(H,36,40). The molecular formula is C34H36BrN3O4S. The van der Waals surface area contributed by atoms with E-state index in [4.69, 9.17) is 0 Å². The van der Waals surface area contributed by atoms with E-state index in [0.29, 0.717) is 10.2 Å². The SMILES string of the molecule is Cc1ccccc1CN(C(=O)CN(c1cccc(Br)c1)S(=O)(=O)c1ccccc1)C(Cc1ccccc1)C(=O)NC(C)C. The summed E-state index contributed by atoms with van der Waals surface area (Å²) in [4.78, 5) is 29.8. The summed E-state index contributed by atoms with van der Waals surface area (Å²) in [6.07, 6.45) is 0.263. The van der Waals surface area contributed by atoms with Crippen LogP contribution in [0.3, 0.4) is 0 Å². The van der Waals surface area contributed by atoms with Crippen molar-refractivity contribution in [2.75, 3.05) is 10.8 Å². The van der Waals surface area contributed by atoms with Gasteiger partial charge in [0.2, 0.25) is 11.8 Å². The first kappa shape index (κ1) is 32.0. The van der Waals surface area contributed by atoms with E-state index in [1.54, 1.807) is 42.5 Å². The van der Waals surface area contributed by atoms with Crippen molar-refractivity contribution in [1.82, 2.24) is 10.2 Å². The number of halogens is 1. The van der Waals surface area contributed by atoms with Crippen molar-refractivity contribution in [3.05, 3.63) is 130 Å². The Labute approximate surface area is 262 Å². The van der Waals surface area contributed by atoms with Crippen LogP contribution in [0.15, 0.2) is 119 Å². The van der Waals surface area contributed by atoms with Gasteiger partial charge in [0.25, 0.3) is 10.0 Å². The van der Waals surface area contributed by atoms with Crippen LogP contribution >= 0.6 is 15.9 Å². The van der Waals surface area contributed by atoms with Gasteiger partial charge in [-0.15, -0.1) is 0 Å². The molecule has 0 aromatic heterocycles. The molecule has 4 aromatic rings. The van der Waals surface area contributed by atoms with E-state index in [1.807, 2.05) is 75.4 Å². The number of amides is 2. The molecule has 0 radical (unpaired) electrons. The summed E-state index contributed by atoms with van der Waals surface area (Å²) in [5, 5.41) is 2.98. The second kappa shape index (κ2) is 14.5. The highest BCUT2D eigenvalue weighted by atomic mass is 79.9. The molecule has 1 N–H and O–H groups in total. The van der Waals surface area contributed by atoms with Gasteiger partial charge in [0.1, 0.15) is 12.6 Å². The van der Waals surface area contributed by atoms with Gasteiger partial charge < -0.3 is 10.2 Å². The summed E-state index contributed by atoms with van der Waals surface area (Å²) in [6, 6.07) is 31.0. The highest BCUT2D eigenvalue weighted by molar-refractivity contribution is 9.10. The minimum Gasteiger partial charge on any atom is -0.352 e. The van der Waals surface area contributed by atoms with E-state index < -0.39 is 28.5 Å². The molecule has 0 spiro atoms. The molecule has 0 saturated heterocycles. The van der Waals surface area contributed by atoms with Gasteiger partial charge in [0.05, 0.1) is 10.6 Å². The lowest BCUT2D eigenvalue weighted by atomic mass is 10.0. The molecule has 43 heavy (non-hydrogen) atoms. The number of rotatable bonds is 12. The Bertz CT molecular complexity index is 1650. The van der Waals surface area contributed by atoms with Crippen molar-refractivity contribution in [3.8, 4) is 0 Å². The molecule has 0 aliphatic rings. The summed E-state index contributed by atoms with van der Waals surface area (Å²) in [5.74, 6) is -0.803. The molecule has 1 atom stereocenters. The van der Waals surface area contributed by atoms with Gasteiger partial charge in [0.15, 0.2) is 0 Å². The van der Waals surface area contributed by atoms with Crippen molar-refractivity contribution in [3.63, 3.8) is 0 Å². The highest BCUT2D eigenvalue weighted by Crippen LogP contribution is 2.27. The van der Waals surface area contributed by atoms with Gasteiger partial charge in [-0.3, -0.25) is 13.9 Å². The van der Waals surface area contributed by atoms with Crippen LogP contribution < -0.4 is 9.62 Å². The van der Waals surface area contributed by atoms with Crippen molar-refractivity contribution in [1.29, 1.82) is 0 Å². The fourth-order valence-corrected chi connectivity index (χ4v) is 6.60. The average Bonchev–Trinajstić information content (AvgIpc) is 2.99. The molecule has 7 nitrogen and oxygen atoms in total. The van der Waals surface area contributed by atoms with Crippen LogP contribution in [-0.2, 0) is 32.6 Å². The molecule has 0 heterocycles. The Balaban J connectivity index is 1.81. The first-order valence-corrected chi connectivity index (χ1v) is 16.3. The van der Waals surface area contributed by atoms with Crippen LogP contribution in [0.4, 0.5) is 5.69 Å². The zero-order valence-electron chi connectivity index (χ0n) is 24.5. The number of benzene rings is 4. The second-order valence-electron chi connectivity index (χ2n) is 10.6. The monoisotopic (exact) mass is 661 g/mol. The maximum Gasteiger partial charge on any atom is 0.264 e. The third-order valence-electron chi connectivity index (χ3n) is 7.01. The number of carbonyl (C=O) groups excluding carboxylic acids is 2. The van der Waals surface area contributed by atoms with E-state index >= 15 is 0 Å². The third-order valence-corrected chi connectivity index (χ3v) is 9.29. The molecule has 4 rings (SSSR count). The molecule has 0 saturated carbocycles. The maximum absolute atomic E-state index is 14.5. The van der Waals surface area contributed by atoms with Crippen LogP contribution in [0, 0.1) is 6.92 Å². The molecule has 0 fully saturated rings. The molecular weight excluding hydrogens is 626 g/mol. The molecule has 1 unspecified atom stereocenters. The number of aryl methyl sites for hydroxylation is 1. The zero-order valence-corrected chi connectivity index (χ0v) is 26.9. The van der Waals surface area contributed by atoms with Crippen LogP contribution in [-0.4, -0.2) is 43.8 Å². The largest absolute Gasteiger partial charge is 0.352 e. The lowest BCUT2D eigenvalue weighted by Crippen LogP contribution is -2.54. The zero-order chi connectivity index (χ0) is 31.0. The Kier molecular flexibility index (Phi) is 10.8. The van der Waals surface area contributed by atoms with Crippen LogP contribution in [0.1, 0.15) is 30.5 Å². The Morgan fingerprint density at radius 2 is 1.47 bits per heavy atom. The summed E-state index contributed by atoms with van der Waals surface area (Å²) in [5.41, 5.74) is 3.04. The van der Waals surface area contributed by atoms with E-state index in [2.05, 4.69) is 21.2 Å². The predicted octanol–water partition coefficient (Wildman–Crippen LogP) is 6.12. The summed E-state index contributed by atoms with van der Waals surface area (Å²) in [7, 11) is -4.14. The Morgan fingerprint density at radius 1 is 0.837 bits per heavy atom. The number of hydrogen-bond acceptors (Lipinski definition) is 4. The van der Waals surface area contributed by atoms with Crippen molar-refractivity contribution in [2.45, 2.75) is 50.7 Å². The normalized spacial score (nSPS) is 12.0. The van der Waals surface area contributed by atoms with E-state index in [-0.39, 0.29) is 29.8 Å². The average molecular weight is 663 g/mol. The Hall–Kier alpha value is -3.95. The summed E-state index contributed by atoms with van der Waals surface area (Å²) in [6.45, 7) is 5.32. The van der Waals surface area contributed by atoms with Gasteiger partial charge >= 0.3 is 0 Å². The molecule has 0 aliphatic heterocycles. The summed E-state index contributed by atoms with van der Waals surface area (Å²) < 4.78 is 29.8. The Morgan fingerprint density at radius 3 is 2.09 bits per heavy atom. The molecule has 224 valence electrons. The topological polar surface area (TPSA) is 86.8 Å². The minimum absolute atomic E-state index is 0.0617. The van der Waals surface area contributed by atoms with Gasteiger partial charge in [-0.05, 0) is 67.8 Å². The first-order valence-electron chi connectivity index (χ1n) is 14.1. The molecule has 2 amide bonds. The second-order valence-corrected chi connectivity index (χ2v) is 13.4. The van der Waals surface area contributed by atoms with Gasteiger partial charge in [-0.2, -0.15) is 0 Å². The number of hydrogen-bond donors (Lipinski definition) is 1. The minimum atomic E-state index is -4.14. The lowest BCUT2D eigenvalue weighted by Gasteiger charge is -2.34. The number of carbonyl (C=O) groups is 2. The third kappa shape index (κ3) is 8.33. The summed E-state index contributed by atoms with van der Waals surface area (Å²) >= 11 is 3.43. The lowest BCUT2D eigenvalue weighted by molar-refractivity contribution is -0.140. The smallest absolute Gasteiger partial charge is 0.264 e. The van der Waals surface area contributed by atoms with E-state index in [9.17, 15) is 18.0 Å². The van der Waals surface area contributed by atoms with Gasteiger partial charge in [-0.25, -0.2) is 8.42 Å². The van der Waals surface area contributed by atoms with Gasteiger partial charge in [-0.1, -0.05) is 94.8 Å². The quantitative estimate of drug-likeness (QED) is 0.198. The number of sulfonamides is 1. The molecule has 0 aliphatic carbocycles. The number of nitrogens with one attached hydrogen (secondary N) is 1. The van der Waals surface area contributed by atoms with Crippen LogP contribution in [0.5, 0.6) is 0 Å². The van der Waals surface area contributed by atoms with Crippen molar-refractivity contribution < 1.29 is 18.0 Å². The first-order chi connectivity index (χ1) is 20.6. The molecule has 9 heteroatoms. The van der Waals surface area contributed by atoms with Crippen molar-refractivity contribution >= 4 is 43.5 Å². The van der Waals surface area contributed by atoms with E-state index in [0.717, 1.165) is 21.0 Å². The molecule has 4 aromatic carbocycles. The van der Waals surface area contributed by atoms with Crippen LogP contribution in [0.2, 0.25) is 0 Å². The maximum atomic E-state index is 14.5. The molecule has 0 bridgehead atoms. The fraction of sp³-hybridized carbons (Fsp3) is 0.235. The number of anilines is 1. The van der Waals surface area contributed by atoms with E-state index in [1.165, 1.54) is 17.0 Å². The predicted molar refractivity (Wildman–Crippen MR) is 174 cm³/mol. The highest BCUT2D eigenvalue weighted by Gasteiger charge is 2.35. The van der Waals surface area contributed by atoms with Crippen molar-refractivity contribution in [2.24, 2.45) is 0 Å². The number of nitrogens with zero attached hydrogens (tertiary/aromatic N) is 2. The van der Waals surface area contributed by atoms with Gasteiger partial charge in [0, 0.05) is 23.5 Å².